The first-order valence-electron chi connectivity index (χ1n) is 6.26. The molecule has 1 heterocycles. The number of hydrogen-bond donors (Lipinski definition) is 1. The second-order valence-corrected chi connectivity index (χ2v) is 4.62. The van der Waals surface area contributed by atoms with Gasteiger partial charge in [-0.05, 0) is 26.0 Å². The monoisotopic (exact) mass is 283 g/mol. The Kier molecular flexibility index (Phi) is 4.13. The normalized spacial score (nSPS) is 11.8. The zero-order valence-corrected chi connectivity index (χ0v) is 11.3. The highest BCUT2D eigenvalue weighted by Crippen LogP contribution is 2.18. The summed E-state index contributed by atoms with van der Waals surface area (Å²) in [6, 6.07) is 9.51. The van der Waals surface area contributed by atoms with Crippen LogP contribution in [0.25, 0.3) is 5.69 Å². The summed E-state index contributed by atoms with van der Waals surface area (Å²) in [4.78, 5) is 0. The maximum atomic E-state index is 12.1. The molecule has 0 fully saturated rings. The van der Waals surface area contributed by atoms with Crippen molar-refractivity contribution in [2.45, 2.75) is 26.6 Å². The minimum Gasteiger partial charge on any atom is -0.304 e. The Bertz CT molecular complexity index is 573. The molecule has 0 atom stereocenters. The molecular weight excluding hydrogens is 267 g/mol. The number of nitrogens with zero attached hydrogens (tertiary/aromatic N) is 2. The number of para-hydroxylation sites is 1. The number of nitrogens with one attached hydrogen (secondary N) is 1. The molecule has 0 unspecified atom stereocenters. The maximum Gasteiger partial charge on any atom is 0.401 e. The van der Waals surface area contributed by atoms with E-state index in [2.05, 4.69) is 10.4 Å². The van der Waals surface area contributed by atoms with E-state index in [0.717, 1.165) is 22.6 Å². The predicted molar refractivity (Wildman–Crippen MR) is 70.8 cm³/mol. The first-order valence-corrected chi connectivity index (χ1v) is 6.26. The minimum absolute atomic E-state index is 0.157. The van der Waals surface area contributed by atoms with Gasteiger partial charge < -0.3 is 5.32 Å². The van der Waals surface area contributed by atoms with Crippen LogP contribution in [0.3, 0.4) is 0 Å². The SMILES string of the molecule is Cc1nn(-c2ccccc2)c(C)c1CNCC(F)(F)F. The molecule has 1 aromatic carbocycles. The topological polar surface area (TPSA) is 29.9 Å². The van der Waals surface area contributed by atoms with Crippen molar-refractivity contribution in [3.8, 4) is 5.69 Å². The first-order chi connectivity index (χ1) is 9.38. The van der Waals surface area contributed by atoms with Crippen LogP contribution in [-0.2, 0) is 6.54 Å². The van der Waals surface area contributed by atoms with Gasteiger partial charge in [-0.3, -0.25) is 0 Å². The molecule has 0 saturated heterocycles. The summed E-state index contributed by atoms with van der Waals surface area (Å²) in [6.07, 6.45) is -4.20. The van der Waals surface area contributed by atoms with Crippen molar-refractivity contribution in [2.75, 3.05) is 6.54 Å². The smallest absolute Gasteiger partial charge is 0.304 e. The molecule has 3 nitrogen and oxygen atoms in total. The van der Waals surface area contributed by atoms with E-state index in [-0.39, 0.29) is 6.54 Å². The third-order valence-corrected chi connectivity index (χ3v) is 3.07. The van der Waals surface area contributed by atoms with Gasteiger partial charge in [0, 0.05) is 17.8 Å². The van der Waals surface area contributed by atoms with Crippen LogP contribution in [0.5, 0.6) is 0 Å². The van der Waals surface area contributed by atoms with Gasteiger partial charge in [-0.15, -0.1) is 0 Å². The van der Waals surface area contributed by atoms with Crippen LogP contribution in [0.4, 0.5) is 13.2 Å². The fourth-order valence-electron chi connectivity index (χ4n) is 2.08. The summed E-state index contributed by atoms with van der Waals surface area (Å²) in [6.45, 7) is 2.82. The highest BCUT2D eigenvalue weighted by Gasteiger charge is 2.26. The summed E-state index contributed by atoms with van der Waals surface area (Å²) in [5.74, 6) is 0. The molecule has 0 aliphatic rings. The first kappa shape index (κ1) is 14.6. The lowest BCUT2D eigenvalue weighted by molar-refractivity contribution is -0.125. The van der Waals surface area contributed by atoms with Crippen LogP contribution in [-0.4, -0.2) is 22.5 Å². The van der Waals surface area contributed by atoms with E-state index in [9.17, 15) is 13.2 Å². The summed E-state index contributed by atoms with van der Waals surface area (Å²) in [5, 5.41) is 6.80. The molecule has 0 bridgehead atoms. The van der Waals surface area contributed by atoms with Crippen molar-refractivity contribution in [2.24, 2.45) is 0 Å². The molecule has 1 aromatic heterocycles. The van der Waals surface area contributed by atoms with Crippen LogP contribution < -0.4 is 5.32 Å². The van der Waals surface area contributed by atoms with E-state index >= 15 is 0 Å². The van der Waals surface area contributed by atoms with Gasteiger partial charge in [-0.1, -0.05) is 18.2 Å². The molecule has 0 radical (unpaired) electrons. The lowest BCUT2D eigenvalue weighted by atomic mass is 10.2. The zero-order chi connectivity index (χ0) is 14.8. The lowest BCUT2D eigenvalue weighted by Crippen LogP contribution is -2.28. The number of alkyl halides is 3. The van der Waals surface area contributed by atoms with Gasteiger partial charge in [-0.25, -0.2) is 4.68 Å². The van der Waals surface area contributed by atoms with Crippen molar-refractivity contribution in [1.29, 1.82) is 0 Å². The molecule has 108 valence electrons. The van der Waals surface area contributed by atoms with E-state index in [4.69, 9.17) is 0 Å². The molecule has 0 spiro atoms. The number of rotatable bonds is 4. The average Bonchev–Trinajstić information content (AvgIpc) is 2.66. The summed E-state index contributed by atoms with van der Waals surface area (Å²) in [5.41, 5.74) is 3.29. The molecule has 1 N–H and O–H groups in total. The van der Waals surface area contributed by atoms with Crippen LogP contribution in [0.1, 0.15) is 17.0 Å². The van der Waals surface area contributed by atoms with Gasteiger partial charge in [0.05, 0.1) is 17.9 Å². The molecular formula is C14H16F3N3. The number of benzene rings is 1. The van der Waals surface area contributed by atoms with Gasteiger partial charge in [0.1, 0.15) is 0 Å². The highest BCUT2D eigenvalue weighted by molar-refractivity contribution is 5.36. The van der Waals surface area contributed by atoms with Gasteiger partial charge in [0.15, 0.2) is 0 Å². The Morgan fingerprint density at radius 1 is 1.15 bits per heavy atom. The van der Waals surface area contributed by atoms with E-state index in [1.54, 1.807) is 11.6 Å². The fraction of sp³-hybridized carbons (Fsp3) is 0.357. The molecule has 0 saturated carbocycles. The quantitative estimate of drug-likeness (QED) is 0.934. The van der Waals surface area contributed by atoms with Gasteiger partial charge in [0.25, 0.3) is 0 Å². The second kappa shape index (κ2) is 5.66. The van der Waals surface area contributed by atoms with Crippen LogP contribution >= 0.6 is 0 Å². The average molecular weight is 283 g/mol. The number of aryl methyl sites for hydroxylation is 1. The lowest BCUT2D eigenvalue weighted by Gasteiger charge is -2.09. The van der Waals surface area contributed by atoms with Crippen LogP contribution in [0.2, 0.25) is 0 Å². The molecule has 2 rings (SSSR count). The zero-order valence-electron chi connectivity index (χ0n) is 11.3. The van der Waals surface area contributed by atoms with Gasteiger partial charge in [0.2, 0.25) is 0 Å². The van der Waals surface area contributed by atoms with E-state index < -0.39 is 12.7 Å². The molecule has 0 aliphatic carbocycles. The van der Waals surface area contributed by atoms with Gasteiger partial charge >= 0.3 is 6.18 Å². The Morgan fingerprint density at radius 3 is 2.40 bits per heavy atom. The second-order valence-electron chi connectivity index (χ2n) is 4.62. The predicted octanol–water partition coefficient (Wildman–Crippen LogP) is 3.14. The Balaban J connectivity index is 2.18. The van der Waals surface area contributed by atoms with Crippen molar-refractivity contribution < 1.29 is 13.2 Å². The van der Waals surface area contributed by atoms with E-state index in [1.807, 2.05) is 37.3 Å². The summed E-state index contributed by atoms with van der Waals surface area (Å²) >= 11 is 0. The number of aromatic nitrogens is 2. The maximum absolute atomic E-state index is 12.1. The third kappa shape index (κ3) is 3.39. The largest absolute Gasteiger partial charge is 0.401 e. The van der Waals surface area contributed by atoms with Crippen molar-refractivity contribution in [3.63, 3.8) is 0 Å². The summed E-state index contributed by atoms with van der Waals surface area (Å²) < 4.78 is 38.2. The van der Waals surface area contributed by atoms with Crippen molar-refractivity contribution in [3.05, 3.63) is 47.3 Å². The molecule has 6 heteroatoms. The fourth-order valence-corrected chi connectivity index (χ4v) is 2.08. The minimum atomic E-state index is -4.20. The summed E-state index contributed by atoms with van der Waals surface area (Å²) in [7, 11) is 0. The van der Waals surface area contributed by atoms with Crippen LogP contribution in [0, 0.1) is 13.8 Å². The van der Waals surface area contributed by atoms with E-state index in [1.165, 1.54) is 0 Å². The highest BCUT2D eigenvalue weighted by atomic mass is 19.4. The Morgan fingerprint density at radius 2 is 1.80 bits per heavy atom. The van der Waals surface area contributed by atoms with Crippen LogP contribution in [0.15, 0.2) is 30.3 Å². The Hall–Kier alpha value is -1.82. The molecule has 0 amide bonds. The standard InChI is InChI=1S/C14H16F3N3/c1-10-13(8-18-9-14(15,16)17)11(2)20(19-10)12-6-4-3-5-7-12/h3-7,18H,8-9H2,1-2H3. The number of halogens is 3. The molecule has 0 aliphatic heterocycles. The molecule has 2 aromatic rings. The van der Waals surface area contributed by atoms with Gasteiger partial charge in [-0.2, -0.15) is 18.3 Å². The van der Waals surface area contributed by atoms with E-state index in [0.29, 0.717) is 0 Å². The third-order valence-electron chi connectivity index (χ3n) is 3.07. The Labute approximate surface area is 115 Å². The van der Waals surface area contributed by atoms with Crippen molar-refractivity contribution in [1.82, 2.24) is 15.1 Å². The molecule has 20 heavy (non-hydrogen) atoms. The number of hydrogen-bond acceptors (Lipinski definition) is 2. The van der Waals surface area contributed by atoms with Crippen molar-refractivity contribution >= 4 is 0 Å².